The molecule has 0 aliphatic carbocycles. The molecule has 4 nitrogen and oxygen atoms in total. The Labute approximate surface area is 119 Å². The maximum atomic E-state index is 13.6. The minimum absolute atomic E-state index is 0.103. The fourth-order valence-corrected chi connectivity index (χ4v) is 2.12. The van der Waals surface area contributed by atoms with Crippen LogP contribution < -0.4 is 5.32 Å². The van der Waals surface area contributed by atoms with Gasteiger partial charge in [0.2, 0.25) is 5.91 Å². The summed E-state index contributed by atoms with van der Waals surface area (Å²) >= 11 is 3.16. The topological polar surface area (TPSA) is 66.4 Å². The van der Waals surface area contributed by atoms with Gasteiger partial charge in [0.15, 0.2) is 0 Å². The average Bonchev–Trinajstić information content (AvgIpc) is 2.29. The van der Waals surface area contributed by atoms with Gasteiger partial charge >= 0.3 is 5.97 Å². The molecule has 0 spiro atoms. The number of rotatable bonds is 6. The third-order valence-corrected chi connectivity index (χ3v) is 3.40. The molecule has 0 fully saturated rings. The lowest BCUT2D eigenvalue weighted by Crippen LogP contribution is -2.07. The predicted molar refractivity (Wildman–Crippen MR) is 73.6 cm³/mol. The lowest BCUT2D eigenvalue weighted by atomic mass is 10.1. The molecular weight excluding hydrogens is 317 g/mol. The SMILES string of the molecule is CC(=O)Nc1cc(F)c(Br)c(CCCCC(=O)O)c1. The molecule has 2 N–H and O–H groups in total. The van der Waals surface area contributed by atoms with E-state index < -0.39 is 11.8 Å². The van der Waals surface area contributed by atoms with Crippen molar-refractivity contribution in [2.75, 3.05) is 5.32 Å². The second kappa shape index (κ2) is 7.23. The highest BCUT2D eigenvalue weighted by molar-refractivity contribution is 9.10. The van der Waals surface area contributed by atoms with E-state index in [1.165, 1.54) is 13.0 Å². The zero-order valence-electron chi connectivity index (χ0n) is 10.5. The molecule has 0 saturated heterocycles. The van der Waals surface area contributed by atoms with E-state index in [0.29, 0.717) is 35.0 Å². The Bertz CT molecular complexity index is 491. The summed E-state index contributed by atoms with van der Waals surface area (Å²) in [5, 5.41) is 11.1. The maximum absolute atomic E-state index is 13.6. The zero-order valence-corrected chi connectivity index (χ0v) is 12.1. The molecular formula is C13H15BrFNO3. The van der Waals surface area contributed by atoms with Gasteiger partial charge in [-0.3, -0.25) is 9.59 Å². The van der Waals surface area contributed by atoms with E-state index in [2.05, 4.69) is 21.2 Å². The summed E-state index contributed by atoms with van der Waals surface area (Å²) in [5.41, 5.74) is 1.12. The van der Waals surface area contributed by atoms with Crippen LogP contribution >= 0.6 is 15.9 Å². The standard InChI is InChI=1S/C13H15BrFNO3/c1-8(17)16-10-6-9(13(14)11(15)7-10)4-2-3-5-12(18)19/h6-7H,2-5H2,1H3,(H,16,17)(H,18,19). The molecule has 0 radical (unpaired) electrons. The normalized spacial score (nSPS) is 10.3. The Morgan fingerprint density at radius 3 is 2.63 bits per heavy atom. The van der Waals surface area contributed by atoms with Gasteiger partial charge in [0.05, 0.1) is 4.47 Å². The molecule has 104 valence electrons. The number of aliphatic carboxylic acids is 1. The number of carbonyl (C=O) groups excluding carboxylic acids is 1. The first-order chi connectivity index (χ1) is 8.90. The first-order valence-electron chi connectivity index (χ1n) is 5.87. The van der Waals surface area contributed by atoms with Crippen molar-refractivity contribution in [3.63, 3.8) is 0 Å². The number of halogens is 2. The van der Waals surface area contributed by atoms with E-state index in [1.54, 1.807) is 6.07 Å². The summed E-state index contributed by atoms with van der Waals surface area (Å²) in [6, 6.07) is 2.93. The minimum Gasteiger partial charge on any atom is -0.481 e. The number of nitrogens with one attached hydrogen (secondary N) is 1. The minimum atomic E-state index is -0.836. The highest BCUT2D eigenvalue weighted by atomic mass is 79.9. The first kappa shape index (κ1) is 15.6. The van der Waals surface area contributed by atoms with Gasteiger partial charge in [-0.1, -0.05) is 0 Å². The van der Waals surface area contributed by atoms with E-state index in [9.17, 15) is 14.0 Å². The van der Waals surface area contributed by atoms with Gasteiger partial charge in [0.1, 0.15) is 5.82 Å². The molecule has 0 saturated carbocycles. The Kier molecular flexibility index (Phi) is 5.95. The second-order valence-corrected chi connectivity index (χ2v) is 5.01. The van der Waals surface area contributed by atoms with Crippen LogP contribution in [-0.4, -0.2) is 17.0 Å². The zero-order chi connectivity index (χ0) is 14.4. The summed E-state index contributed by atoms with van der Waals surface area (Å²) in [7, 11) is 0. The van der Waals surface area contributed by atoms with Gasteiger partial charge in [0.25, 0.3) is 0 Å². The predicted octanol–water partition coefficient (Wildman–Crippen LogP) is 3.34. The van der Waals surface area contributed by atoms with Crippen molar-refractivity contribution < 1.29 is 19.1 Å². The number of carboxylic acid groups (broad SMARTS) is 1. The van der Waals surface area contributed by atoms with Gasteiger partial charge in [-0.2, -0.15) is 0 Å². The van der Waals surface area contributed by atoms with E-state index in [4.69, 9.17) is 5.11 Å². The quantitative estimate of drug-likeness (QED) is 0.785. The summed E-state index contributed by atoms with van der Waals surface area (Å²) in [5.74, 6) is -1.55. The molecule has 6 heteroatoms. The lowest BCUT2D eigenvalue weighted by Gasteiger charge is -2.09. The number of anilines is 1. The molecule has 0 aliphatic rings. The van der Waals surface area contributed by atoms with Gasteiger partial charge in [-0.15, -0.1) is 0 Å². The fraction of sp³-hybridized carbons (Fsp3) is 0.385. The van der Waals surface area contributed by atoms with Crippen molar-refractivity contribution in [1.29, 1.82) is 0 Å². The van der Waals surface area contributed by atoms with Crippen LogP contribution in [-0.2, 0) is 16.0 Å². The molecule has 1 rings (SSSR count). The molecule has 0 heterocycles. The number of benzene rings is 1. The van der Waals surface area contributed by atoms with Crippen molar-refractivity contribution in [1.82, 2.24) is 0 Å². The first-order valence-corrected chi connectivity index (χ1v) is 6.66. The summed E-state index contributed by atoms with van der Waals surface area (Å²) in [6.45, 7) is 1.35. The van der Waals surface area contributed by atoms with Gasteiger partial charge in [-0.05, 0) is 52.9 Å². The van der Waals surface area contributed by atoms with Crippen molar-refractivity contribution in [2.45, 2.75) is 32.6 Å². The van der Waals surface area contributed by atoms with Crippen LogP contribution in [0.5, 0.6) is 0 Å². The fourth-order valence-electron chi connectivity index (χ4n) is 1.70. The summed E-state index contributed by atoms with van der Waals surface area (Å²) < 4.78 is 14.0. The molecule has 0 unspecified atom stereocenters. The molecule has 0 bridgehead atoms. The number of carboxylic acids is 1. The van der Waals surface area contributed by atoms with Crippen LogP contribution in [0.1, 0.15) is 31.7 Å². The van der Waals surface area contributed by atoms with Gasteiger partial charge in [0, 0.05) is 19.0 Å². The van der Waals surface area contributed by atoms with Crippen LogP contribution in [0.25, 0.3) is 0 Å². The molecule has 1 aromatic carbocycles. The van der Waals surface area contributed by atoms with E-state index >= 15 is 0 Å². The summed E-state index contributed by atoms with van der Waals surface area (Å²) in [6.07, 6.45) is 1.84. The van der Waals surface area contributed by atoms with E-state index in [-0.39, 0.29) is 12.3 Å². The second-order valence-electron chi connectivity index (χ2n) is 4.21. The Morgan fingerprint density at radius 2 is 2.05 bits per heavy atom. The van der Waals surface area contributed by atoms with Crippen molar-refractivity contribution >= 4 is 33.5 Å². The number of hydrogen-bond acceptors (Lipinski definition) is 2. The van der Waals surface area contributed by atoms with Crippen LogP contribution in [0.3, 0.4) is 0 Å². The highest BCUT2D eigenvalue weighted by Crippen LogP contribution is 2.26. The Hall–Kier alpha value is -1.43. The Morgan fingerprint density at radius 1 is 1.37 bits per heavy atom. The molecule has 1 aromatic rings. The van der Waals surface area contributed by atoms with Crippen molar-refractivity contribution in [3.05, 3.63) is 28.0 Å². The van der Waals surface area contributed by atoms with E-state index in [1.807, 2.05) is 0 Å². The molecule has 0 atom stereocenters. The van der Waals surface area contributed by atoms with Crippen LogP contribution in [0.4, 0.5) is 10.1 Å². The molecule has 19 heavy (non-hydrogen) atoms. The Balaban J connectivity index is 2.72. The smallest absolute Gasteiger partial charge is 0.303 e. The number of hydrogen-bond donors (Lipinski definition) is 2. The number of unbranched alkanes of at least 4 members (excludes halogenated alkanes) is 1. The van der Waals surface area contributed by atoms with Crippen molar-refractivity contribution in [2.24, 2.45) is 0 Å². The summed E-state index contributed by atoms with van der Waals surface area (Å²) in [4.78, 5) is 21.3. The third-order valence-electron chi connectivity index (χ3n) is 2.51. The van der Waals surface area contributed by atoms with Crippen molar-refractivity contribution in [3.8, 4) is 0 Å². The van der Waals surface area contributed by atoms with Gasteiger partial charge < -0.3 is 10.4 Å². The lowest BCUT2D eigenvalue weighted by molar-refractivity contribution is -0.137. The molecule has 0 aromatic heterocycles. The number of amides is 1. The van der Waals surface area contributed by atoms with Crippen LogP contribution in [0, 0.1) is 5.82 Å². The maximum Gasteiger partial charge on any atom is 0.303 e. The monoisotopic (exact) mass is 331 g/mol. The van der Waals surface area contributed by atoms with Crippen LogP contribution in [0.2, 0.25) is 0 Å². The van der Waals surface area contributed by atoms with Crippen LogP contribution in [0.15, 0.2) is 16.6 Å². The molecule has 0 aliphatic heterocycles. The molecule has 1 amide bonds. The largest absolute Gasteiger partial charge is 0.481 e. The van der Waals surface area contributed by atoms with Gasteiger partial charge in [-0.25, -0.2) is 4.39 Å². The number of carbonyl (C=O) groups is 2. The highest BCUT2D eigenvalue weighted by Gasteiger charge is 2.09. The van der Waals surface area contributed by atoms with E-state index in [0.717, 1.165) is 0 Å². The third kappa shape index (κ3) is 5.38. The average molecular weight is 332 g/mol. The number of aryl methyl sites for hydroxylation is 1.